The van der Waals surface area contributed by atoms with E-state index in [1.165, 1.54) is 191 Å². The molecule has 0 aliphatic rings. The maximum atomic E-state index is 3.45. The summed E-state index contributed by atoms with van der Waals surface area (Å²) in [5.41, 5.74) is 2.43. The van der Waals surface area contributed by atoms with Crippen LogP contribution in [-0.4, -0.2) is 13.1 Å². The highest BCUT2D eigenvalue weighted by molar-refractivity contribution is 5.39. The van der Waals surface area contributed by atoms with E-state index in [9.17, 15) is 0 Å². The van der Waals surface area contributed by atoms with E-state index in [2.05, 4.69) is 72.6 Å². The molecule has 294 valence electrons. The highest BCUT2D eigenvalue weighted by Gasteiger charge is 1.96. The Balaban J connectivity index is -0.000000682. The van der Waals surface area contributed by atoms with E-state index in [4.69, 9.17) is 0 Å². The molecule has 0 fully saturated rings. The van der Waals surface area contributed by atoms with Crippen molar-refractivity contribution in [3.8, 4) is 0 Å². The van der Waals surface area contributed by atoms with Crippen LogP contribution in [0, 0.1) is 0 Å². The van der Waals surface area contributed by atoms with E-state index in [-0.39, 0.29) is 34.0 Å². The van der Waals surface area contributed by atoms with Gasteiger partial charge in [0.25, 0.3) is 0 Å². The zero-order chi connectivity index (χ0) is 34.9. The molecule has 0 saturated carbocycles. The lowest BCUT2D eigenvalue weighted by Gasteiger charge is -2.05. The van der Waals surface area contributed by atoms with Crippen LogP contribution in [0.4, 0.5) is 11.4 Å². The summed E-state index contributed by atoms with van der Waals surface area (Å²) in [6.45, 7) is 11.3. The third kappa shape index (κ3) is 43.0. The fourth-order valence-electron chi connectivity index (χ4n) is 5.91. The van der Waals surface area contributed by atoms with Crippen molar-refractivity contribution in [2.75, 3.05) is 23.7 Å². The van der Waals surface area contributed by atoms with Crippen molar-refractivity contribution in [2.24, 2.45) is 0 Å². The molecule has 0 aliphatic carbocycles. The molecule has 50 heavy (non-hydrogen) atoms. The molecule has 0 atom stereocenters. The van der Waals surface area contributed by atoms with Gasteiger partial charge in [-0.3, -0.25) is 0 Å². The average Bonchev–Trinajstić information content (AvgIpc) is 3.12. The number of halogens is 2. The predicted molar refractivity (Wildman–Crippen MR) is 215 cm³/mol. The van der Waals surface area contributed by atoms with Crippen LogP contribution >= 0.6 is 0 Å². The Morgan fingerprint density at radius 1 is 0.320 bits per heavy atom. The second-order valence-electron chi connectivity index (χ2n) is 13.9. The minimum atomic E-state index is 0. The monoisotopic (exact) mass is 827 g/mol. The Bertz CT molecular complexity index is 756. The predicted octanol–water partition coefficient (Wildman–Crippen LogP) is 7.82. The standard InChI is InChI=1S/2C17H30N2.C10H22.2BrH/c2*1-2-3-4-5-6-7-8-9-10-11-14-19-17-12-15-18-16-13-17;1-3-5-7-9-10-8-6-4-2;;/h2*12-13,15-16H,2-11,14H2,1H3,(H,18,19);3-10H2,1-2H3;2*1H. The van der Waals surface area contributed by atoms with Gasteiger partial charge in [0.05, 0.1) is 0 Å². The second kappa shape index (κ2) is 47.9. The summed E-state index contributed by atoms with van der Waals surface area (Å²) in [4.78, 5) is 6.07. The number of hydrogen-bond donors (Lipinski definition) is 2. The average molecular weight is 829 g/mol. The molecule has 0 spiro atoms. The number of unbranched alkanes of at least 4 members (excludes halogenated alkanes) is 25. The molecule has 2 heterocycles. The van der Waals surface area contributed by atoms with Crippen molar-refractivity contribution in [2.45, 2.75) is 207 Å². The summed E-state index contributed by atoms with van der Waals surface area (Å²) in [5, 5.41) is 6.90. The Morgan fingerprint density at radius 3 is 0.740 bits per heavy atom. The van der Waals surface area contributed by atoms with Crippen LogP contribution in [0.1, 0.15) is 207 Å². The summed E-state index contributed by atoms with van der Waals surface area (Å²) in [7, 11) is 0. The molecular formula is C44H84Br2N4. The van der Waals surface area contributed by atoms with Crippen LogP contribution in [0.15, 0.2) is 49.1 Å². The lowest BCUT2D eigenvalue weighted by Crippen LogP contribution is -3.00. The SMILES string of the molecule is CCCCCCCCCC.CCCCCCCCCCCCNc1cc[nH+]cc1.CCCCCCCCCCCCNc1cc[nH+]cc1.[Br-].[Br-]. The van der Waals surface area contributed by atoms with E-state index in [1.54, 1.807) is 0 Å². The number of rotatable bonds is 31. The zero-order valence-electron chi connectivity index (χ0n) is 33.6. The van der Waals surface area contributed by atoms with Crippen LogP contribution in [0.2, 0.25) is 0 Å². The van der Waals surface area contributed by atoms with Gasteiger partial charge in [0.2, 0.25) is 0 Å². The van der Waals surface area contributed by atoms with Gasteiger partial charge in [-0.05, 0) is 12.8 Å². The van der Waals surface area contributed by atoms with Crippen molar-refractivity contribution in [3.63, 3.8) is 0 Å². The van der Waals surface area contributed by atoms with Crippen molar-refractivity contribution >= 4 is 11.4 Å². The smallest absolute Gasteiger partial charge is 0.169 e. The number of aromatic nitrogens is 2. The molecule has 4 N–H and O–H groups in total. The Labute approximate surface area is 333 Å². The van der Waals surface area contributed by atoms with Crippen LogP contribution in [-0.2, 0) is 0 Å². The van der Waals surface area contributed by atoms with E-state index < -0.39 is 0 Å². The molecule has 2 aromatic rings. The molecule has 0 unspecified atom stereocenters. The molecule has 0 bridgehead atoms. The van der Waals surface area contributed by atoms with E-state index >= 15 is 0 Å². The van der Waals surface area contributed by atoms with Gasteiger partial charge in [0.1, 0.15) is 0 Å². The van der Waals surface area contributed by atoms with Crippen LogP contribution < -0.4 is 54.6 Å². The topological polar surface area (TPSA) is 52.3 Å². The van der Waals surface area contributed by atoms with Crippen molar-refractivity contribution in [1.82, 2.24) is 0 Å². The normalized spacial score (nSPS) is 10.1. The molecule has 0 aliphatic heterocycles. The van der Waals surface area contributed by atoms with E-state index in [1.807, 2.05) is 24.8 Å². The molecule has 0 amide bonds. The van der Waals surface area contributed by atoms with Crippen molar-refractivity contribution in [1.29, 1.82) is 0 Å². The van der Waals surface area contributed by atoms with Gasteiger partial charge in [0.15, 0.2) is 24.8 Å². The maximum absolute atomic E-state index is 3.45. The number of pyridine rings is 2. The van der Waals surface area contributed by atoms with Gasteiger partial charge in [-0.1, -0.05) is 195 Å². The summed E-state index contributed by atoms with van der Waals surface area (Å²) in [5.74, 6) is 0. The molecular weight excluding hydrogens is 744 g/mol. The molecule has 2 aromatic heterocycles. The molecule has 0 aromatic carbocycles. The van der Waals surface area contributed by atoms with Gasteiger partial charge in [-0.2, -0.15) is 0 Å². The summed E-state index contributed by atoms with van der Waals surface area (Å²) < 4.78 is 0. The lowest BCUT2D eigenvalue weighted by molar-refractivity contribution is -0.378. The lowest BCUT2D eigenvalue weighted by atomic mass is 10.1. The Kier molecular flexibility index (Phi) is 50.9. The minimum Gasteiger partial charge on any atom is -1.00 e. The third-order valence-corrected chi connectivity index (χ3v) is 9.11. The fourth-order valence-corrected chi connectivity index (χ4v) is 5.91. The second-order valence-corrected chi connectivity index (χ2v) is 13.9. The third-order valence-electron chi connectivity index (χ3n) is 9.11. The number of H-pyrrole nitrogens is 2. The Morgan fingerprint density at radius 2 is 0.520 bits per heavy atom. The maximum Gasteiger partial charge on any atom is 0.169 e. The first-order valence-electron chi connectivity index (χ1n) is 21.2. The van der Waals surface area contributed by atoms with Gasteiger partial charge in [-0.15, -0.1) is 0 Å². The van der Waals surface area contributed by atoms with E-state index in [0.29, 0.717) is 0 Å². The van der Waals surface area contributed by atoms with E-state index in [0.717, 1.165) is 13.1 Å². The molecule has 4 nitrogen and oxygen atoms in total. The first kappa shape index (κ1) is 53.2. The molecule has 0 saturated heterocycles. The van der Waals surface area contributed by atoms with Crippen LogP contribution in [0.3, 0.4) is 0 Å². The summed E-state index contributed by atoms with van der Waals surface area (Å²) in [6.07, 6.45) is 47.3. The largest absolute Gasteiger partial charge is 1.00 e. The molecule has 2 rings (SSSR count). The fraction of sp³-hybridized carbons (Fsp3) is 0.773. The van der Waals surface area contributed by atoms with Gasteiger partial charge < -0.3 is 44.6 Å². The first-order valence-corrected chi connectivity index (χ1v) is 21.2. The molecule has 6 heteroatoms. The number of aromatic amines is 2. The molecule has 0 radical (unpaired) electrons. The Hall–Kier alpha value is -1.14. The van der Waals surface area contributed by atoms with Gasteiger partial charge in [-0.25, -0.2) is 9.97 Å². The van der Waals surface area contributed by atoms with Crippen molar-refractivity contribution in [3.05, 3.63) is 49.1 Å². The quantitative estimate of drug-likeness (QED) is 0.0763. The van der Waals surface area contributed by atoms with Gasteiger partial charge in [0, 0.05) is 48.7 Å². The van der Waals surface area contributed by atoms with Crippen molar-refractivity contribution < 1.29 is 43.9 Å². The minimum absolute atomic E-state index is 0. The van der Waals surface area contributed by atoms with Gasteiger partial charge >= 0.3 is 0 Å². The number of nitrogens with one attached hydrogen (secondary N) is 4. The number of anilines is 2. The first-order chi connectivity index (χ1) is 23.8. The van der Waals surface area contributed by atoms with Crippen LogP contribution in [0.5, 0.6) is 0 Å². The summed E-state index contributed by atoms with van der Waals surface area (Å²) >= 11 is 0. The highest BCUT2D eigenvalue weighted by Crippen LogP contribution is 2.12. The highest BCUT2D eigenvalue weighted by atomic mass is 79.9. The number of hydrogen-bond acceptors (Lipinski definition) is 2. The van der Waals surface area contributed by atoms with Crippen LogP contribution in [0.25, 0.3) is 0 Å². The zero-order valence-corrected chi connectivity index (χ0v) is 36.8. The summed E-state index contributed by atoms with van der Waals surface area (Å²) in [6, 6.07) is 8.32.